The Bertz CT molecular complexity index is 656. The summed E-state index contributed by atoms with van der Waals surface area (Å²) in [6, 6.07) is 4.78. The topological polar surface area (TPSA) is 49.4 Å². The van der Waals surface area contributed by atoms with Gasteiger partial charge in [-0.2, -0.15) is 13.2 Å². The number of anilines is 1. The molecule has 0 heterocycles. The summed E-state index contributed by atoms with van der Waals surface area (Å²) in [5.74, 6) is -0.636. The van der Waals surface area contributed by atoms with Crippen LogP contribution in [0, 0.1) is 5.92 Å². The molecule has 0 saturated heterocycles. The van der Waals surface area contributed by atoms with Crippen LogP contribution in [-0.2, 0) is 15.8 Å². The number of rotatable bonds is 6. The van der Waals surface area contributed by atoms with Crippen molar-refractivity contribution in [2.45, 2.75) is 32.4 Å². The lowest BCUT2D eigenvalue weighted by Gasteiger charge is -2.22. The molecule has 1 N–H and O–H groups in total. The summed E-state index contributed by atoms with van der Waals surface area (Å²) in [5, 5.41) is 2.26. The van der Waals surface area contributed by atoms with E-state index in [1.54, 1.807) is 6.92 Å². The Morgan fingerprint density at radius 1 is 1.28 bits per heavy atom. The zero-order valence-electron chi connectivity index (χ0n) is 14.0. The zero-order chi connectivity index (χ0) is 18.4. The Balaban J connectivity index is 1.98. The van der Waals surface area contributed by atoms with Crippen LogP contribution in [0.1, 0.15) is 31.7 Å². The second-order valence-electron chi connectivity index (χ2n) is 5.97. The molecule has 0 aliphatic heterocycles. The molecule has 0 spiro atoms. The number of carbonyl (C=O) groups is 2. The van der Waals surface area contributed by atoms with Gasteiger partial charge in [0.1, 0.15) is 0 Å². The first kappa shape index (κ1) is 19.0. The van der Waals surface area contributed by atoms with Gasteiger partial charge >= 0.3 is 6.18 Å². The first-order valence-corrected chi connectivity index (χ1v) is 8.21. The number of likely N-dealkylation sites (N-methyl/N-ethyl adjacent to an activating group) is 1. The van der Waals surface area contributed by atoms with Crippen molar-refractivity contribution in [3.8, 4) is 0 Å². The summed E-state index contributed by atoms with van der Waals surface area (Å²) in [7, 11) is 0. The number of nitrogens with zero attached hydrogens (tertiary/aromatic N) is 1. The number of alkyl halides is 3. The van der Waals surface area contributed by atoms with E-state index >= 15 is 0 Å². The number of benzene rings is 1. The van der Waals surface area contributed by atoms with Crippen LogP contribution in [0.4, 0.5) is 18.9 Å². The molecule has 1 aliphatic carbocycles. The average Bonchev–Trinajstić information content (AvgIpc) is 3.05. The van der Waals surface area contributed by atoms with Crippen LogP contribution >= 0.6 is 0 Å². The van der Waals surface area contributed by atoms with Crippen molar-refractivity contribution in [2.24, 2.45) is 5.92 Å². The minimum absolute atomic E-state index is 0.168. The van der Waals surface area contributed by atoms with Gasteiger partial charge in [0.05, 0.1) is 17.8 Å². The van der Waals surface area contributed by atoms with E-state index in [1.165, 1.54) is 23.1 Å². The van der Waals surface area contributed by atoms with E-state index in [0.29, 0.717) is 13.0 Å². The van der Waals surface area contributed by atoms with Gasteiger partial charge in [-0.05, 0) is 37.8 Å². The molecule has 4 nitrogen and oxygen atoms in total. The van der Waals surface area contributed by atoms with Crippen molar-refractivity contribution in [3.63, 3.8) is 0 Å². The van der Waals surface area contributed by atoms with Gasteiger partial charge in [0, 0.05) is 13.0 Å². The Morgan fingerprint density at radius 3 is 2.60 bits per heavy atom. The molecule has 1 aliphatic rings. The minimum atomic E-state index is -4.56. The molecule has 1 atom stereocenters. The van der Waals surface area contributed by atoms with Gasteiger partial charge in [-0.15, -0.1) is 0 Å². The van der Waals surface area contributed by atoms with E-state index in [0.717, 1.165) is 18.9 Å². The fraction of sp³-hybridized carbons (Fsp3) is 0.444. The summed E-state index contributed by atoms with van der Waals surface area (Å²) in [6.45, 7) is 1.79. The van der Waals surface area contributed by atoms with E-state index in [-0.39, 0.29) is 24.1 Å². The quantitative estimate of drug-likeness (QED) is 0.789. The number of amides is 2. The molecule has 0 fully saturated rings. The highest BCUT2D eigenvalue weighted by atomic mass is 19.4. The van der Waals surface area contributed by atoms with Crippen LogP contribution in [0.5, 0.6) is 0 Å². The maximum Gasteiger partial charge on any atom is 0.418 e. The van der Waals surface area contributed by atoms with E-state index in [9.17, 15) is 22.8 Å². The number of para-hydroxylation sites is 1. The molecular weight excluding hydrogens is 333 g/mol. The average molecular weight is 354 g/mol. The van der Waals surface area contributed by atoms with E-state index in [1.807, 2.05) is 12.2 Å². The largest absolute Gasteiger partial charge is 0.418 e. The number of halogens is 3. The molecule has 0 saturated carbocycles. The normalized spacial score (nSPS) is 16.7. The predicted octanol–water partition coefficient (Wildman–Crippen LogP) is 3.85. The Hall–Kier alpha value is -2.31. The summed E-state index contributed by atoms with van der Waals surface area (Å²) in [5.41, 5.74) is -1.21. The van der Waals surface area contributed by atoms with E-state index in [2.05, 4.69) is 5.32 Å². The molecule has 25 heavy (non-hydrogen) atoms. The molecule has 0 unspecified atom stereocenters. The molecule has 2 rings (SSSR count). The van der Waals surface area contributed by atoms with Crippen molar-refractivity contribution in [2.75, 3.05) is 18.4 Å². The summed E-state index contributed by atoms with van der Waals surface area (Å²) in [6.07, 6.45) is 1.63. The van der Waals surface area contributed by atoms with Crippen LogP contribution in [-0.4, -0.2) is 29.8 Å². The van der Waals surface area contributed by atoms with Crippen LogP contribution in [0.25, 0.3) is 0 Å². The van der Waals surface area contributed by atoms with E-state index < -0.39 is 17.6 Å². The van der Waals surface area contributed by atoms with Crippen molar-refractivity contribution >= 4 is 17.5 Å². The first-order valence-electron chi connectivity index (χ1n) is 8.21. The zero-order valence-corrected chi connectivity index (χ0v) is 14.0. The number of allylic oxidation sites excluding steroid dienone is 2. The Labute approximate surface area is 144 Å². The highest BCUT2D eigenvalue weighted by Gasteiger charge is 2.33. The molecule has 136 valence electrons. The van der Waals surface area contributed by atoms with Gasteiger partial charge < -0.3 is 10.2 Å². The molecule has 1 aromatic rings. The molecule has 1 aromatic carbocycles. The standard InChI is InChI=1S/C18H21F3N2O2/c1-2-23(17(25)11-13-7-3-4-8-13)12-16(24)22-15-10-6-5-9-14(15)18(19,20)21/h3,5-7,9-10,13H,2,4,8,11-12H2,1H3,(H,22,24)/t13-/m1/s1. The molecule has 2 amide bonds. The smallest absolute Gasteiger partial charge is 0.334 e. The Kier molecular flexibility index (Phi) is 6.22. The highest BCUT2D eigenvalue weighted by Crippen LogP contribution is 2.34. The number of carbonyl (C=O) groups excluding carboxylic acids is 2. The third-order valence-corrected chi connectivity index (χ3v) is 4.12. The van der Waals surface area contributed by atoms with Crippen LogP contribution in [0.15, 0.2) is 36.4 Å². The fourth-order valence-electron chi connectivity index (χ4n) is 2.80. The third-order valence-electron chi connectivity index (χ3n) is 4.12. The van der Waals surface area contributed by atoms with Gasteiger partial charge in [-0.3, -0.25) is 9.59 Å². The van der Waals surface area contributed by atoms with Crippen LogP contribution in [0.3, 0.4) is 0 Å². The summed E-state index contributed by atoms with van der Waals surface area (Å²) >= 11 is 0. The Morgan fingerprint density at radius 2 is 2.00 bits per heavy atom. The van der Waals surface area contributed by atoms with Gasteiger partial charge in [0.25, 0.3) is 0 Å². The van der Waals surface area contributed by atoms with Crippen molar-refractivity contribution < 1.29 is 22.8 Å². The lowest BCUT2D eigenvalue weighted by atomic mass is 10.0. The minimum Gasteiger partial charge on any atom is -0.334 e. The molecule has 7 heteroatoms. The van der Waals surface area contributed by atoms with Crippen molar-refractivity contribution in [1.29, 1.82) is 0 Å². The SMILES string of the molecule is CCN(CC(=O)Nc1ccccc1C(F)(F)F)C(=O)C[C@@H]1C=CCC1. The van der Waals surface area contributed by atoms with E-state index in [4.69, 9.17) is 0 Å². The van der Waals surface area contributed by atoms with Crippen molar-refractivity contribution in [1.82, 2.24) is 4.90 Å². The summed E-state index contributed by atoms with van der Waals surface area (Å²) < 4.78 is 38.9. The van der Waals surface area contributed by atoms with Gasteiger partial charge in [0.2, 0.25) is 11.8 Å². The maximum atomic E-state index is 13.0. The second-order valence-corrected chi connectivity index (χ2v) is 5.97. The predicted molar refractivity (Wildman–Crippen MR) is 88.8 cm³/mol. The lowest BCUT2D eigenvalue weighted by molar-refractivity contribution is -0.137. The lowest BCUT2D eigenvalue weighted by Crippen LogP contribution is -2.38. The van der Waals surface area contributed by atoms with Gasteiger partial charge in [0.15, 0.2) is 0 Å². The van der Waals surface area contributed by atoms with Gasteiger partial charge in [-0.25, -0.2) is 0 Å². The molecule has 0 aromatic heterocycles. The highest BCUT2D eigenvalue weighted by molar-refractivity contribution is 5.95. The number of hydrogen-bond acceptors (Lipinski definition) is 2. The molecular formula is C18H21F3N2O2. The fourth-order valence-corrected chi connectivity index (χ4v) is 2.80. The summed E-state index contributed by atoms with van der Waals surface area (Å²) in [4.78, 5) is 25.8. The first-order chi connectivity index (χ1) is 11.8. The number of hydrogen-bond donors (Lipinski definition) is 1. The maximum absolute atomic E-state index is 13.0. The monoisotopic (exact) mass is 354 g/mol. The second kappa shape index (κ2) is 8.18. The van der Waals surface area contributed by atoms with Gasteiger partial charge in [-0.1, -0.05) is 24.3 Å². The van der Waals surface area contributed by atoms with Crippen LogP contribution < -0.4 is 5.32 Å². The molecule has 0 bridgehead atoms. The van der Waals surface area contributed by atoms with Crippen molar-refractivity contribution in [3.05, 3.63) is 42.0 Å². The molecule has 0 radical (unpaired) electrons. The van der Waals surface area contributed by atoms with Crippen LogP contribution in [0.2, 0.25) is 0 Å². The number of nitrogens with one attached hydrogen (secondary N) is 1. The third kappa shape index (κ3) is 5.34.